The number of carbonyl (C=O) groups is 2. The van der Waals surface area contributed by atoms with Crippen LogP contribution in [0.15, 0.2) is 24.3 Å². The van der Waals surface area contributed by atoms with Crippen molar-refractivity contribution in [1.29, 1.82) is 0 Å². The van der Waals surface area contributed by atoms with Gasteiger partial charge in [0, 0.05) is 30.1 Å². The molecule has 4 unspecified atom stereocenters. The van der Waals surface area contributed by atoms with Crippen molar-refractivity contribution in [2.75, 3.05) is 40.0 Å². The lowest BCUT2D eigenvalue weighted by molar-refractivity contribution is -0.156. The number of nitrogens with one attached hydrogen (secondary N) is 1. The average molecular weight is 415 g/mol. The van der Waals surface area contributed by atoms with Crippen LogP contribution < -0.4 is 11.1 Å². The first-order valence-corrected chi connectivity index (χ1v) is 9.43. The lowest BCUT2D eigenvalue weighted by atomic mass is 9.70. The van der Waals surface area contributed by atoms with E-state index < -0.39 is 29.7 Å². The smallest absolute Gasteiger partial charge is 0.311 e. The standard InChI is InChI=1S/C19H27ClN2O5.CH4/c1-3-27-19(24)17-15(11-26-9-8-21)22-10-13(18(23)25-2)16(17)12-6-4-5-7-14(12)20;/h4-7,13,15-17,22H,3,8-11,21H2,1-2H3;1H4. The molecule has 8 heteroatoms. The topological polar surface area (TPSA) is 99.9 Å². The molecule has 1 aliphatic heterocycles. The Morgan fingerprint density at radius 3 is 2.61 bits per heavy atom. The zero-order chi connectivity index (χ0) is 19.8. The Hall–Kier alpha value is -1.67. The van der Waals surface area contributed by atoms with Crippen LogP contribution in [0.3, 0.4) is 0 Å². The highest BCUT2D eigenvalue weighted by atomic mass is 35.5. The summed E-state index contributed by atoms with van der Waals surface area (Å²) in [5.41, 5.74) is 6.21. The Morgan fingerprint density at radius 1 is 1.29 bits per heavy atom. The number of nitrogens with two attached hydrogens (primary N) is 1. The highest BCUT2D eigenvalue weighted by molar-refractivity contribution is 6.31. The van der Waals surface area contributed by atoms with Gasteiger partial charge in [-0.15, -0.1) is 0 Å². The summed E-state index contributed by atoms with van der Waals surface area (Å²) in [5.74, 6) is -2.51. The van der Waals surface area contributed by atoms with Crippen LogP contribution in [0.4, 0.5) is 0 Å². The molecule has 0 bridgehead atoms. The normalized spacial score (nSPS) is 24.1. The molecule has 1 saturated heterocycles. The second-order valence-electron chi connectivity index (χ2n) is 6.33. The van der Waals surface area contributed by atoms with Crippen molar-refractivity contribution in [3.05, 3.63) is 34.9 Å². The van der Waals surface area contributed by atoms with E-state index in [-0.39, 0.29) is 26.7 Å². The van der Waals surface area contributed by atoms with Crippen molar-refractivity contribution in [3.63, 3.8) is 0 Å². The molecular weight excluding hydrogens is 384 g/mol. The zero-order valence-corrected chi connectivity index (χ0v) is 16.4. The molecule has 1 fully saturated rings. The number of ether oxygens (including phenoxy) is 3. The summed E-state index contributed by atoms with van der Waals surface area (Å²) in [5, 5.41) is 3.74. The van der Waals surface area contributed by atoms with Gasteiger partial charge in [0.25, 0.3) is 0 Å². The minimum absolute atomic E-state index is 0. The predicted molar refractivity (Wildman–Crippen MR) is 108 cm³/mol. The molecule has 0 saturated carbocycles. The molecule has 1 aromatic carbocycles. The van der Waals surface area contributed by atoms with Gasteiger partial charge in [-0.2, -0.15) is 0 Å². The summed E-state index contributed by atoms with van der Waals surface area (Å²) in [7, 11) is 1.34. The third kappa shape index (κ3) is 5.67. The van der Waals surface area contributed by atoms with Crippen LogP contribution in [0.2, 0.25) is 5.02 Å². The van der Waals surface area contributed by atoms with Crippen LogP contribution in [-0.2, 0) is 23.8 Å². The van der Waals surface area contributed by atoms with E-state index in [1.54, 1.807) is 19.1 Å². The number of methoxy groups -OCH3 is 1. The Bertz CT molecular complexity index is 643. The quantitative estimate of drug-likeness (QED) is 0.495. The minimum Gasteiger partial charge on any atom is -0.469 e. The van der Waals surface area contributed by atoms with Gasteiger partial charge in [-0.05, 0) is 18.6 Å². The van der Waals surface area contributed by atoms with Crippen molar-refractivity contribution < 1.29 is 23.8 Å². The molecule has 0 radical (unpaired) electrons. The molecule has 158 valence electrons. The van der Waals surface area contributed by atoms with E-state index in [0.29, 0.717) is 24.7 Å². The van der Waals surface area contributed by atoms with E-state index in [9.17, 15) is 9.59 Å². The molecule has 1 aromatic rings. The molecule has 1 aliphatic rings. The lowest BCUT2D eigenvalue weighted by Gasteiger charge is -2.41. The van der Waals surface area contributed by atoms with Crippen LogP contribution in [0, 0.1) is 11.8 Å². The third-order valence-electron chi connectivity index (χ3n) is 4.74. The molecule has 1 heterocycles. The summed E-state index contributed by atoms with van der Waals surface area (Å²) < 4.78 is 15.9. The number of rotatable bonds is 8. The molecule has 0 spiro atoms. The second-order valence-corrected chi connectivity index (χ2v) is 6.74. The first kappa shape index (κ1) is 24.4. The van der Waals surface area contributed by atoms with Crippen LogP contribution >= 0.6 is 11.6 Å². The minimum atomic E-state index is -0.652. The lowest BCUT2D eigenvalue weighted by Crippen LogP contribution is -2.56. The summed E-state index contributed by atoms with van der Waals surface area (Å²) in [6.45, 7) is 3.37. The summed E-state index contributed by atoms with van der Waals surface area (Å²) in [4.78, 5) is 25.3. The fourth-order valence-electron chi connectivity index (χ4n) is 3.58. The van der Waals surface area contributed by atoms with Gasteiger partial charge >= 0.3 is 11.9 Å². The number of esters is 2. The van der Waals surface area contributed by atoms with Gasteiger partial charge in [0.1, 0.15) is 0 Å². The monoisotopic (exact) mass is 414 g/mol. The average Bonchev–Trinajstić information content (AvgIpc) is 2.67. The van der Waals surface area contributed by atoms with E-state index in [2.05, 4.69) is 5.32 Å². The molecule has 4 atom stereocenters. The molecule has 0 amide bonds. The summed E-state index contributed by atoms with van der Waals surface area (Å²) >= 11 is 6.42. The fraction of sp³-hybridized carbons (Fsp3) is 0.600. The van der Waals surface area contributed by atoms with Gasteiger partial charge in [-0.1, -0.05) is 37.2 Å². The molecule has 3 N–H and O–H groups in total. The van der Waals surface area contributed by atoms with Crippen molar-refractivity contribution in [2.45, 2.75) is 26.3 Å². The Kier molecular flexibility index (Phi) is 10.5. The fourth-order valence-corrected chi connectivity index (χ4v) is 3.84. The predicted octanol–water partition coefficient (Wildman–Crippen LogP) is 1.98. The highest BCUT2D eigenvalue weighted by Crippen LogP contribution is 2.41. The zero-order valence-electron chi connectivity index (χ0n) is 15.7. The maximum Gasteiger partial charge on any atom is 0.311 e. The van der Waals surface area contributed by atoms with Gasteiger partial charge in [-0.3, -0.25) is 9.59 Å². The van der Waals surface area contributed by atoms with E-state index in [4.69, 9.17) is 31.5 Å². The van der Waals surface area contributed by atoms with Crippen molar-refractivity contribution in [3.8, 4) is 0 Å². The van der Waals surface area contributed by atoms with Gasteiger partial charge in [-0.25, -0.2) is 0 Å². The van der Waals surface area contributed by atoms with Crippen LogP contribution in [0.25, 0.3) is 0 Å². The van der Waals surface area contributed by atoms with E-state index >= 15 is 0 Å². The number of piperidine rings is 1. The third-order valence-corrected chi connectivity index (χ3v) is 5.08. The van der Waals surface area contributed by atoms with Crippen LogP contribution in [0.1, 0.15) is 25.8 Å². The Morgan fingerprint density at radius 2 is 2.00 bits per heavy atom. The molecule has 2 rings (SSSR count). The van der Waals surface area contributed by atoms with Crippen LogP contribution in [0.5, 0.6) is 0 Å². The Balaban J connectivity index is 0.00000392. The largest absolute Gasteiger partial charge is 0.469 e. The van der Waals surface area contributed by atoms with E-state index in [1.807, 2.05) is 12.1 Å². The maximum atomic E-state index is 12.9. The van der Waals surface area contributed by atoms with Crippen molar-refractivity contribution in [2.24, 2.45) is 17.6 Å². The molecule has 0 aliphatic carbocycles. The van der Waals surface area contributed by atoms with Gasteiger partial charge in [0.2, 0.25) is 0 Å². The van der Waals surface area contributed by atoms with E-state index in [0.717, 1.165) is 5.56 Å². The van der Waals surface area contributed by atoms with Crippen molar-refractivity contribution >= 4 is 23.5 Å². The van der Waals surface area contributed by atoms with Gasteiger partial charge in [0.15, 0.2) is 0 Å². The SMILES string of the molecule is C.CCOC(=O)C1C(COCCN)NCC(C(=O)OC)C1c1ccccc1Cl. The van der Waals surface area contributed by atoms with E-state index in [1.165, 1.54) is 7.11 Å². The van der Waals surface area contributed by atoms with Crippen molar-refractivity contribution in [1.82, 2.24) is 5.32 Å². The Labute approximate surface area is 171 Å². The first-order valence-electron chi connectivity index (χ1n) is 9.05. The number of hydrogen-bond donors (Lipinski definition) is 2. The molecular formula is C20H31ClN2O5. The summed E-state index contributed by atoms with van der Waals surface area (Å²) in [6.07, 6.45) is 0. The molecule has 28 heavy (non-hydrogen) atoms. The van der Waals surface area contributed by atoms with Gasteiger partial charge in [0.05, 0.1) is 38.8 Å². The number of carbonyl (C=O) groups excluding carboxylic acids is 2. The number of benzene rings is 1. The second kappa shape index (κ2) is 12.0. The van der Waals surface area contributed by atoms with Crippen LogP contribution in [-0.4, -0.2) is 58.0 Å². The number of halogens is 1. The highest BCUT2D eigenvalue weighted by Gasteiger charge is 2.48. The maximum absolute atomic E-state index is 12.9. The van der Waals surface area contributed by atoms with Gasteiger partial charge < -0.3 is 25.3 Å². The number of hydrogen-bond acceptors (Lipinski definition) is 7. The molecule has 7 nitrogen and oxygen atoms in total. The molecule has 0 aromatic heterocycles. The first-order chi connectivity index (χ1) is 13.0. The summed E-state index contributed by atoms with van der Waals surface area (Å²) in [6, 6.07) is 6.88.